The molecule has 0 aromatic carbocycles. The molecule has 6 heteroatoms. The number of aliphatic hydroxyl groups is 2. The molecule has 0 aromatic heterocycles. The Morgan fingerprint density at radius 2 is 2.35 bits per heavy atom. The first-order chi connectivity index (χ1) is 8.01. The number of aliphatic hydroxyl groups excluding tert-OH is 2. The van der Waals surface area contributed by atoms with Crippen molar-refractivity contribution in [1.29, 1.82) is 0 Å². The molecule has 0 aliphatic carbocycles. The molecular weight excluding hydrogens is 228 g/mol. The molecule has 0 spiro atoms. The molecule has 1 aliphatic heterocycles. The summed E-state index contributed by atoms with van der Waals surface area (Å²) in [6, 6.07) is 0. The van der Waals surface area contributed by atoms with Gasteiger partial charge in [0, 0.05) is 7.11 Å². The minimum absolute atomic E-state index is 0.0300. The van der Waals surface area contributed by atoms with Gasteiger partial charge in [0.25, 0.3) is 0 Å². The zero-order valence-corrected chi connectivity index (χ0v) is 9.75. The molecule has 17 heavy (non-hydrogen) atoms. The molecule has 3 atom stereocenters. The number of hydrogen-bond donors (Lipinski definition) is 2. The van der Waals surface area contributed by atoms with Crippen LogP contribution in [0.1, 0.15) is 6.92 Å². The summed E-state index contributed by atoms with van der Waals surface area (Å²) in [7, 11) is 1.36. The highest BCUT2D eigenvalue weighted by atomic mass is 16.7. The Balaban J connectivity index is 2.65. The van der Waals surface area contributed by atoms with Crippen LogP contribution >= 0.6 is 0 Å². The van der Waals surface area contributed by atoms with Gasteiger partial charge < -0.3 is 24.4 Å². The van der Waals surface area contributed by atoms with Crippen LogP contribution in [0.2, 0.25) is 0 Å². The van der Waals surface area contributed by atoms with Crippen molar-refractivity contribution in [3.8, 4) is 0 Å². The van der Waals surface area contributed by atoms with Crippen molar-refractivity contribution in [2.45, 2.75) is 25.4 Å². The average molecular weight is 244 g/mol. The Kier molecular flexibility index (Phi) is 4.68. The van der Waals surface area contributed by atoms with E-state index in [9.17, 15) is 15.0 Å². The van der Waals surface area contributed by atoms with Crippen LogP contribution in [0.25, 0.3) is 0 Å². The number of carbonyl (C=O) groups excluding carboxylic acids is 1. The third kappa shape index (κ3) is 3.06. The molecule has 1 heterocycles. The predicted octanol–water partition coefficient (Wildman–Crippen LogP) is -0.286. The summed E-state index contributed by atoms with van der Waals surface area (Å²) in [5.41, 5.74) is -0.151. The number of rotatable bonds is 5. The highest BCUT2D eigenvalue weighted by molar-refractivity contribution is 5.89. The first-order valence-electron chi connectivity index (χ1n) is 5.14. The van der Waals surface area contributed by atoms with Gasteiger partial charge in [-0.15, -0.1) is 0 Å². The van der Waals surface area contributed by atoms with Crippen LogP contribution in [0.4, 0.5) is 0 Å². The van der Waals surface area contributed by atoms with E-state index in [-0.39, 0.29) is 17.9 Å². The normalized spacial score (nSPS) is 24.8. The Bertz CT molecular complexity index is 335. The number of hydrogen-bond acceptors (Lipinski definition) is 6. The highest BCUT2D eigenvalue weighted by Gasteiger charge is 2.33. The van der Waals surface area contributed by atoms with E-state index in [0.29, 0.717) is 0 Å². The van der Waals surface area contributed by atoms with Crippen molar-refractivity contribution in [3.63, 3.8) is 0 Å². The van der Waals surface area contributed by atoms with Gasteiger partial charge in [-0.05, 0) is 13.0 Å². The molecule has 0 fully saturated rings. The van der Waals surface area contributed by atoms with E-state index in [1.807, 2.05) is 0 Å². The van der Waals surface area contributed by atoms with E-state index in [2.05, 4.69) is 11.3 Å². The fraction of sp³-hybridized carbons (Fsp3) is 0.545. The zero-order chi connectivity index (χ0) is 13.0. The predicted molar refractivity (Wildman–Crippen MR) is 57.8 cm³/mol. The smallest absolute Gasteiger partial charge is 0.336 e. The van der Waals surface area contributed by atoms with Crippen LogP contribution in [0.15, 0.2) is 24.0 Å². The van der Waals surface area contributed by atoms with Gasteiger partial charge in [-0.25, -0.2) is 4.79 Å². The molecular formula is C11H16O6. The molecule has 0 amide bonds. The fourth-order valence-electron chi connectivity index (χ4n) is 1.34. The maximum absolute atomic E-state index is 11.3. The summed E-state index contributed by atoms with van der Waals surface area (Å²) < 4.78 is 14.6. The van der Waals surface area contributed by atoms with E-state index in [4.69, 9.17) is 9.47 Å². The van der Waals surface area contributed by atoms with Gasteiger partial charge in [0.15, 0.2) is 0 Å². The Hall–Kier alpha value is -1.37. The summed E-state index contributed by atoms with van der Waals surface area (Å²) in [4.78, 5) is 11.3. The summed E-state index contributed by atoms with van der Waals surface area (Å²) >= 11 is 0. The minimum atomic E-state index is -1.34. The second-order valence-electron chi connectivity index (χ2n) is 3.43. The Morgan fingerprint density at radius 3 is 2.82 bits per heavy atom. The lowest BCUT2D eigenvalue weighted by atomic mass is 10.1. The third-order valence-electron chi connectivity index (χ3n) is 2.24. The monoisotopic (exact) mass is 244 g/mol. The fourth-order valence-corrected chi connectivity index (χ4v) is 1.34. The lowest BCUT2D eigenvalue weighted by Crippen LogP contribution is -2.25. The van der Waals surface area contributed by atoms with Crippen LogP contribution in [-0.2, 0) is 19.0 Å². The van der Waals surface area contributed by atoms with Gasteiger partial charge in [0.2, 0.25) is 6.29 Å². The van der Waals surface area contributed by atoms with Crippen molar-refractivity contribution in [2.75, 3.05) is 13.7 Å². The highest BCUT2D eigenvalue weighted by Crippen LogP contribution is 2.24. The molecule has 2 N–H and O–H groups in total. The first kappa shape index (κ1) is 13.7. The van der Waals surface area contributed by atoms with Crippen LogP contribution in [0, 0.1) is 0 Å². The first-order valence-corrected chi connectivity index (χ1v) is 5.14. The molecule has 0 bridgehead atoms. The van der Waals surface area contributed by atoms with Crippen LogP contribution in [0.5, 0.6) is 0 Å². The largest absolute Gasteiger partial charge is 0.463 e. The molecule has 1 rings (SSSR count). The van der Waals surface area contributed by atoms with Crippen molar-refractivity contribution >= 4 is 5.97 Å². The maximum Gasteiger partial charge on any atom is 0.336 e. The maximum atomic E-state index is 11.3. The van der Waals surface area contributed by atoms with Gasteiger partial charge in [0.1, 0.15) is 18.0 Å². The standard InChI is InChI=1S/C11H16O6/c1-4-16-10(14)6(2)9(13)8-5-7(12)11(15-3)17-8/h5,7,9,11-13H,2,4H2,1,3H3/t7-,9?,11-/m1/s1. The van der Waals surface area contributed by atoms with E-state index in [0.717, 1.165) is 0 Å². The van der Waals surface area contributed by atoms with Crippen LogP contribution in [0.3, 0.4) is 0 Å². The molecule has 0 radical (unpaired) electrons. The zero-order valence-electron chi connectivity index (χ0n) is 9.75. The number of carbonyl (C=O) groups is 1. The van der Waals surface area contributed by atoms with E-state index in [1.54, 1.807) is 6.92 Å². The Labute approximate surface area is 99.1 Å². The second kappa shape index (κ2) is 5.81. The lowest BCUT2D eigenvalue weighted by Gasteiger charge is -2.17. The molecule has 0 saturated carbocycles. The molecule has 0 aromatic rings. The molecule has 6 nitrogen and oxygen atoms in total. The van der Waals surface area contributed by atoms with Gasteiger partial charge in [-0.2, -0.15) is 0 Å². The molecule has 1 unspecified atom stereocenters. The van der Waals surface area contributed by atoms with Gasteiger partial charge in [-0.3, -0.25) is 0 Å². The SMILES string of the molecule is C=C(C(=O)OCC)C(O)C1=C[C@@H](O)[C@H](OC)O1. The van der Waals surface area contributed by atoms with E-state index >= 15 is 0 Å². The summed E-state index contributed by atoms with van der Waals surface area (Å²) in [6.07, 6.45) is -1.94. The topological polar surface area (TPSA) is 85.2 Å². The van der Waals surface area contributed by atoms with Crippen molar-refractivity contribution < 1.29 is 29.2 Å². The summed E-state index contributed by atoms with van der Waals surface area (Å²) in [5, 5.41) is 19.2. The van der Waals surface area contributed by atoms with Crippen molar-refractivity contribution in [3.05, 3.63) is 24.0 Å². The van der Waals surface area contributed by atoms with E-state index < -0.39 is 24.5 Å². The third-order valence-corrected chi connectivity index (χ3v) is 2.24. The molecule has 1 aliphatic rings. The quantitative estimate of drug-likeness (QED) is 0.511. The van der Waals surface area contributed by atoms with Gasteiger partial charge >= 0.3 is 5.97 Å². The van der Waals surface area contributed by atoms with Crippen molar-refractivity contribution in [2.24, 2.45) is 0 Å². The lowest BCUT2D eigenvalue weighted by molar-refractivity contribution is -0.142. The molecule has 0 saturated heterocycles. The Morgan fingerprint density at radius 1 is 1.71 bits per heavy atom. The van der Waals surface area contributed by atoms with Gasteiger partial charge in [0.05, 0.1) is 12.2 Å². The molecule has 96 valence electrons. The summed E-state index contributed by atoms with van der Waals surface area (Å²) in [6.45, 7) is 5.26. The second-order valence-corrected chi connectivity index (χ2v) is 3.43. The number of methoxy groups -OCH3 is 1. The average Bonchev–Trinajstić information content (AvgIpc) is 2.68. The van der Waals surface area contributed by atoms with Crippen LogP contribution < -0.4 is 0 Å². The minimum Gasteiger partial charge on any atom is -0.463 e. The van der Waals surface area contributed by atoms with E-state index in [1.165, 1.54) is 13.2 Å². The van der Waals surface area contributed by atoms with Crippen LogP contribution in [-0.4, -0.2) is 48.4 Å². The number of esters is 1. The van der Waals surface area contributed by atoms with Gasteiger partial charge in [-0.1, -0.05) is 6.58 Å². The number of ether oxygens (including phenoxy) is 3. The summed E-state index contributed by atoms with van der Waals surface area (Å²) in [5.74, 6) is -0.678. The van der Waals surface area contributed by atoms with Crippen molar-refractivity contribution in [1.82, 2.24) is 0 Å².